The first kappa shape index (κ1) is 26.3. The standard InChI is InChI=1S/C33H37F3/c1-3-5-7-9-30-32(35)19-24(20-33(30)36)11-12-25-14-15-29(22-31(25)34)28-17-16-26-18-23(8-6-4-2)10-13-27(26)21-28/h3-5,14-15,19-20,22-23,26-28H,2,6-10,13,16-18,21H2,1H3/b5-3+. The predicted molar refractivity (Wildman–Crippen MR) is 142 cm³/mol. The predicted octanol–water partition coefficient (Wildman–Crippen LogP) is 9.28. The van der Waals surface area contributed by atoms with Gasteiger partial charge in [-0.25, -0.2) is 13.2 Å². The number of allylic oxidation sites excluding steroid dienone is 3. The Morgan fingerprint density at radius 3 is 2.36 bits per heavy atom. The van der Waals surface area contributed by atoms with Crippen LogP contribution >= 0.6 is 0 Å². The molecular formula is C33H37F3. The average Bonchev–Trinajstić information content (AvgIpc) is 2.88. The second-order valence-corrected chi connectivity index (χ2v) is 10.6. The van der Waals surface area contributed by atoms with Gasteiger partial charge in [-0.15, -0.1) is 6.58 Å². The van der Waals surface area contributed by atoms with Crippen molar-refractivity contribution < 1.29 is 13.2 Å². The van der Waals surface area contributed by atoms with Crippen LogP contribution in [-0.2, 0) is 6.42 Å². The second kappa shape index (κ2) is 12.5. The fourth-order valence-corrected chi connectivity index (χ4v) is 6.24. The lowest BCUT2D eigenvalue weighted by Crippen LogP contribution is -2.30. The third-order valence-corrected chi connectivity index (χ3v) is 8.24. The molecule has 3 heteroatoms. The lowest BCUT2D eigenvalue weighted by atomic mass is 9.63. The van der Waals surface area contributed by atoms with Crippen molar-refractivity contribution in [3.05, 3.63) is 94.8 Å². The summed E-state index contributed by atoms with van der Waals surface area (Å²) in [7, 11) is 0. The Hall–Kier alpha value is -2.73. The molecule has 0 amide bonds. The van der Waals surface area contributed by atoms with E-state index in [-0.39, 0.29) is 22.5 Å². The van der Waals surface area contributed by atoms with E-state index in [4.69, 9.17) is 0 Å². The summed E-state index contributed by atoms with van der Waals surface area (Å²) in [5.41, 5.74) is 1.58. The van der Waals surface area contributed by atoms with Crippen molar-refractivity contribution in [1.29, 1.82) is 0 Å². The Morgan fingerprint density at radius 2 is 1.64 bits per heavy atom. The minimum atomic E-state index is -0.607. The molecule has 0 nitrogen and oxygen atoms in total. The molecule has 0 spiro atoms. The van der Waals surface area contributed by atoms with Crippen LogP contribution in [0, 0.1) is 47.0 Å². The van der Waals surface area contributed by atoms with Crippen LogP contribution in [0.25, 0.3) is 0 Å². The quantitative estimate of drug-likeness (QED) is 0.268. The zero-order valence-corrected chi connectivity index (χ0v) is 21.3. The van der Waals surface area contributed by atoms with Gasteiger partial charge in [-0.3, -0.25) is 0 Å². The van der Waals surface area contributed by atoms with Crippen molar-refractivity contribution in [3.63, 3.8) is 0 Å². The molecule has 4 atom stereocenters. The molecule has 2 aromatic carbocycles. The Kier molecular flexibility index (Phi) is 9.13. The lowest BCUT2D eigenvalue weighted by molar-refractivity contribution is 0.115. The van der Waals surface area contributed by atoms with Gasteiger partial charge in [-0.1, -0.05) is 42.6 Å². The van der Waals surface area contributed by atoms with Gasteiger partial charge in [-0.05, 0) is 118 Å². The Labute approximate surface area is 214 Å². The van der Waals surface area contributed by atoms with Crippen LogP contribution < -0.4 is 0 Å². The summed E-state index contributed by atoms with van der Waals surface area (Å²) >= 11 is 0. The topological polar surface area (TPSA) is 0 Å². The minimum absolute atomic E-state index is 0.0640. The van der Waals surface area contributed by atoms with Crippen LogP contribution in [0.15, 0.2) is 55.1 Å². The molecule has 2 fully saturated rings. The van der Waals surface area contributed by atoms with Crippen LogP contribution in [0.5, 0.6) is 0 Å². The van der Waals surface area contributed by atoms with Crippen molar-refractivity contribution in [1.82, 2.24) is 0 Å². The number of rotatable bonds is 7. The molecule has 0 aromatic heterocycles. The normalized spacial score (nSPS) is 23.7. The van der Waals surface area contributed by atoms with Crippen LogP contribution in [0.1, 0.15) is 92.9 Å². The van der Waals surface area contributed by atoms with E-state index in [0.29, 0.717) is 18.8 Å². The van der Waals surface area contributed by atoms with Gasteiger partial charge in [0.15, 0.2) is 0 Å². The third kappa shape index (κ3) is 6.52. The molecule has 4 unspecified atom stereocenters. The number of hydrogen-bond donors (Lipinski definition) is 0. The molecule has 36 heavy (non-hydrogen) atoms. The summed E-state index contributed by atoms with van der Waals surface area (Å²) in [5.74, 6) is 6.74. The fraction of sp³-hybridized carbons (Fsp3) is 0.455. The maximum absolute atomic E-state index is 14.9. The molecule has 0 bridgehead atoms. The van der Waals surface area contributed by atoms with Gasteiger partial charge < -0.3 is 0 Å². The third-order valence-electron chi connectivity index (χ3n) is 8.24. The molecule has 2 saturated carbocycles. The molecular weight excluding hydrogens is 453 g/mol. The summed E-state index contributed by atoms with van der Waals surface area (Å²) in [6.45, 7) is 5.73. The van der Waals surface area contributed by atoms with Gasteiger partial charge in [0.05, 0.1) is 5.56 Å². The Morgan fingerprint density at radius 1 is 0.889 bits per heavy atom. The van der Waals surface area contributed by atoms with Crippen LogP contribution in [-0.4, -0.2) is 0 Å². The maximum Gasteiger partial charge on any atom is 0.139 e. The van der Waals surface area contributed by atoms with Crippen LogP contribution in [0.2, 0.25) is 0 Å². The van der Waals surface area contributed by atoms with E-state index in [0.717, 1.165) is 42.6 Å². The Balaban J connectivity index is 1.40. The largest absolute Gasteiger partial charge is 0.207 e. The van der Waals surface area contributed by atoms with E-state index in [1.807, 2.05) is 31.2 Å². The summed E-state index contributed by atoms with van der Waals surface area (Å²) < 4.78 is 43.7. The van der Waals surface area contributed by atoms with Crippen molar-refractivity contribution in [3.8, 4) is 11.8 Å². The maximum atomic E-state index is 14.9. The summed E-state index contributed by atoms with van der Waals surface area (Å²) in [5, 5.41) is 0. The number of fused-ring (bicyclic) bond motifs is 1. The van der Waals surface area contributed by atoms with E-state index in [1.165, 1.54) is 44.2 Å². The fourth-order valence-electron chi connectivity index (χ4n) is 6.24. The highest BCUT2D eigenvalue weighted by molar-refractivity contribution is 5.46. The number of halogens is 3. The zero-order valence-electron chi connectivity index (χ0n) is 21.3. The highest BCUT2D eigenvalue weighted by Crippen LogP contribution is 2.48. The van der Waals surface area contributed by atoms with Crippen molar-refractivity contribution in [2.24, 2.45) is 17.8 Å². The molecule has 4 rings (SSSR count). The summed E-state index contributed by atoms with van der Waals surface area (Å²) in [6, 6.07) is 7.79. The number of benzene rings is 2. The molecule has 190 valence electrons. The molecule has 2 aliphatic rings. The molecule has 0 radical (unpaired) electrons. The van der Waals surface area contributed by atoms with Gasteiger partial charge in [-0.2, -0.15) is 0 Å². The highest BCUT2D eigenvalue weighted by atomic mass is 19.1. The average molecular weight is 491 g/mol. The molecule has 0 heterocycles. The summed E-state index contributed by atoms with van der Waals surface area (Å²) in [4.78, 5) is 0. The van der Waals surface area contributed by atoms with Crippen LogP contribution in [0.4, 0.5) is 13.2 Å². The second-order valence-electron chi connectivity index (χ2n) is 10.6. The zero-order chi connectivity index (χ0) is 25.5. The van der Waals surface area contributed by atoms with Gasteiger partial charge in [0.1, 0.15) is 17.5 Å². The smallest absolute Gasteiger partial charge is 0.139 e. The first-order chi connectivity index (χ1) is 17.5. The highest BCUT2D eigenvalue weighted by Gasteiger charge is 2.35. The first-order valence-electron chi connectivity index (χ1n) is 13.5. The van der Waals surface area contributed by atoms with E-state index >= 15 is 0 Å². The minimum Gasteiger partial charge on any atom is -0.207 e. The SMILES string of the molecule is C=CCCC1CCC2CC(c3ccc(C#Cc4cc(F)c(CC/C=C/C)c(F)c4)c(F)c3)CCC2C1. The van der Waals surface area contributed by atoms with Gasteiger partial charge in [0.25, 0.3) is 0 Å². The van der Waals surface area contributed by atoms with Crippen LogP contribution in [0.3, 0.4) is 0 Å². The molecule has 0 saturated heterocycles. The monoisotopic (exact) mass is 490 g/mol. The van der Waals surface area contributed by atoms with Gasteiger partial charge >= 0.3 is 0 Å². The van der Waals surface area contributed by atoms with Gasteiger partial charge in [0.2, 0.25) is 0 Å². The summed E-state index contributed by atoms with van der Waals surface area (Å²) in [6.07, 6.45) is 16.4. The van der Waals surface area contributed by atoms with E-state index in [2.05, 4.69) is 18.4 Å². The molecule has 2 aliphatic carbocycles. The van der Waals surface area contributed by atoms with Crippen molar-refractivity contribution >= 4 is 0 Å². The van der Waals surface area contributed by atoms with Crippen molar-refractivity contribution in [2.75, 3.05) is 0 Å². The van der Waals surface area contributed by atoms with E-state index in [1.54, 1.807) is 12.1 Å². The Bertz CT molecular complexity index is 1130. The van der Waals surface area contributed by atoms with E-state index < -0.39 is 11.6 Å². The van der Waals surface area contributed by atoms with Crippen molar-refractivity contribution in [2.45, 2.75) is 77.0 Å². The number of hydrogen-bond acceptors (Lipinski definition) is 0. The van der Waals surface area contributed by atoms with E-state index in [9.17, 15) is 13.2 Å². The first-order valence-corrected chi connectivity index (χ1v) is 13.5. The molecule has 0 N–H and O–H groups in total. The lowest BCUT2D eigenvalue weighted by Gasteiger charge is -2.42. The van der Waals surface area contributed by atoms with Gasteiger partial charge in [0, 0.05) is 11.1 Å². The molecule has 2 aromatic rings. The molecule has 0 aliphatic heterocycles.